The van der Waals surface area contributed by atoms with Crippen molar-refractivity contribution in [3.63, 3.8) is 0 Å². The van der Waals surface area contributed by atoms with Gasteiger partial charge in [0, 0.05) is 5.56 Å². The third-order valence-electron chi connectivity index (χ3n) is 1.75. The number of nitriles is 1. The fraction of sp³-hybridized carbons (Fsp3) is 0.273. The minimum Gasteiger partial charge on any atom is -0.490 e. The molecule has 1 rings (SSSR count). The first-order valence-electron chi connectivity index (χ1n) is 4.64. The van der Waals surface area contributed by atoms with Gasteiger partial charge in [0.2, 0.25) is 0 Å². The maximum atomic E-state index is 10.7. The lowest BCUT2D eigenvalue weighted by Crippen LogP contribution is -2.02. The number of nitrogens with zero attached hydrogens (tertiary/aromatic N) is 1. The Balaban J connectivity index is 3.12. The molecular weight excluding hydrogens is 321 g/mol. The molecule has 0 N–H and O–H groups in total. The first-order chi connectivity index (χ1) is 7.72. The zero-order valence-corrected chi connectivity index (χ0v) is 10.9. The summed E-state index contributed by atoms with van der Waals surface area (Å²) in [5.41, 5.74) is 0.525. The van der Waals surface area contributed by atoms with E-state index in [0.717, 1.165) is 9.86 Å². The fourth-order valence-electron chi connectivity index (χ4n) is 1.16. The lowest BCUT2D eigenvalue weighted by molar-refractivity contribution is 0.112. The summed E-state index contributed by atoms with van der Waals surface area (Å²) in [7, 11) is 0. The molecule has 5 heteroatoms. The Labute approximate surface area is 107 Å². The quantitative estimate of drug-likeness (QED) is 0.614. The molecule has 1 aromatic rings. The van der Waals surface area contributed by atoms with E-state index in [1.165, 1.54) is 0 Å². The summed E-state index contributed by atoms with van der Waals surface area (Å²) in [4.78, 5) is 10.7. The van der Waals surface area contributed by atoms with Crippen LogP contribution in [0.1, 0.15) is 17.3 Å². The van der Waals surface area contributed by atoms with Crippen LogP contribution in [0.3, 0.4) is 0 Å². The number of hydrogen-bond donors (Lipinski definition) is 0. The number of aldehydes is 1. The summed E-state index contributed by atoms with van der Waals surface area (Å²) in [6, 6.07) is 5.18. The van der Waals surface area contributed by atoms with Crippen LogP contribution in [-0.4, -0.2) is 19.5 Å². The van der Waals surface area contributed by atoms with E-state index in [1.54, 1.807) is 12.1 Å². The van der Waals surface area contributed by atoms with Crippen molar-refractivity contribution in [2.75, 3.05) is 13.2 Å². The molecule has 0 aliphatic heterocycles. The summed E-state index contributed by atoms with van der Waals surface area (Å²) in [5.74, 6) is 1.00. The molecule has 0 spiro atoms. The molecule has 0 aliphatic rings. The zero-order valence-electron chi connectivity index (χ0n) is 8.70. The normalized spacial score (nSPS) is 9.31. The number of halogens is 1. The van der Waals surface area contributed by atoms with Crippen molar-refractivity contribution in [3.05, 3.63) is 21.3 Å². The number of ether oxygens (including phenoxy) is 2. The van der Waals surface area contributed by atoms with Gasteiger partial charge < -0.3 is 9.47 Å². The molecule has 0 bridgehead atoms. The summed E-state index contributed by atoms with van der Waals surface area (Å²) >= 11 is 2.04. The molecule has 0 heterocycles. The third-order valence-corrected chi connectivity index (χ3v) is 2.55. The summed E-state index contributed by atoms with van der Waals surface area (Å²) < 4.78 is 11.4. The lowest BCUT2D eigenvalue weighted by atomic mass is 10.2. The highest BCUT2D eigenvalue weighted by Crippen LogP contribution is 2.33. The average molecular weight is 331 g/mol. The van der Waals surface area contributed by atoms with E-state index in [9.17, 15) is 4.79 Å². The molecule has 1 aromatic carbocycles. The van der Waals surface area contributed by atoms with Gasteiger partial charge in [0.25, 0.3) is 0 Å². The zero-order chi connectivity index (χ0) is 12.0. The predicted octanol–water partition coefficient (Wildman–Crippen LogP) is 2.40. The molecular formula is C11H10INO3. The first-order valence-corrected chi connectivity index (χ1v) is 5.72. The molecule has 0 unspecified atom stereocenters. The fourth-order valence-corrected chi connectivity index (χ4v) is 1.94. The summed E-state index contributed by atoms with van der Waals surface area (Å²) in [6.45, 7) is 2.27. The van der Waals surface area contributed by atoms with Gasteiger partial charge in [-0.2, -0.15) is 5.26 Å². The summed E-state index contributed by atoms with van der Waals surface area (Å²) in [5, 5.41) is 8.47. The SMILES string of the molecule is CCOc1cc(C=O)cc(I)c1OCC#N. The van der Waals surface area contributed by atoms with E-state index < -0.39 is 0 Å². The second-order valence-corrected chi connectivity index (χ2v) is 3.99. The summed E-state index contributed by atoms with van der Waals surface area (Å²) in [6.07, 6.45) is 0.749. The molecule has 0 saturated carbocycles. The Morgan fingerprint density at radius 1 is 1.50 bits per heavy atom. The van der Waals surface area contributed by atoms with Crippen LogP contribution in [0.2, 0.25) is 0 Å². The van der Waals surface area contributed by atoms with E-state index in [-0.39, 0.29) is 6.61 Å². The number of carbonyl (C=O) groups excluding carboxylic acids is 1. The second-order valence-electron chi connectivity index (χ2n) is 2.83. The van der Waals surface area contributed by atoms with E-state index >= 15 is 0 Å². The van der Waals surface area contributed by atoms with Crippen molar-refractivity contribution in [1.82, 2.24) is 0 Å². The molecule has 0 fully saturated rings. The van der Waals surface area contributed by atoms with Gasteiger partial charge >= 0.3 is 0 Å². The molecule has 4 nitrogen and oxygen atoms in total. The Morgan fingerprint density at radius 2 is 2.25 bits per heavy atom. The van der Waals surface area contributed by atoms with Crippen molar-refractivity contribution < 1.29 is 14.3 Å². The third kappa shape index (κ3) is 3.10. The van der Waals surface area contributed by atoms with Gasteiger partial charge in [-0.3, -0.25) is 4.79 Å². The van der Waals surface area contributed by atoms with Crippen LogP contribution < -0.4 is 9.47 Å². The van der Waals surface area contributed by atoms with Crippen molar-refractivity contribution >= 4 is 28.9 Å². The van der Waals surface area contributed by atoms with Gasteiger partial charge in [-0.05, 0) is 41.6 Å². The van der Waals surface area contributed by atoms with Crippen LogP contribution in [0.25, 0.3) is 0 Å². The molecule has 16 heavy (non-hydrogen) atoms. The van der Waals surface area contributed by atoms with E-state index in [0.29, 0.717) is 23.7 Å². The van der Waals surface area contributed by atoms with Crippen molar-refractivity contribution in [2.45, 2.75) is 6.92 Å². The van der Waals surface area contributed by atoms with Crippen molar-refractivity contribution in [3.8, 4) is 17.6 Å². The van der Waals surface area contributed by atoms with Crippen molar-refractivity contribution in [2.24, 2.45) is 0 Å². The van der Waals surface area contributed by atoms with Gasteiger partial charge in [0.05, 0.1) is 10.2 Å². The minimum atomic E-state index is -0.0451. The second kappa shape index (κ2) is 6.33. The lowest BCUT2D eigenvalue weighted by Gasteiger charge is -2.12. The largest absolute Gasteiger partial charge is 0.490 e. The van der Waals surface area contributed by atoms with E-state index in [4.69, 9.17) is 14.7 Å². The van der Waals surface area contributed by atoms with Gasteiger partial charge in [0.15, 0.2) is 18.1 Å². The van der Waals surface area contributed by atoms with Crippen LogP contribution in [0.15, 0.2) is 12.1 Å². The highest BCUT2D eigenvalue weighted by molar-refractivity contribution is 14.1. The molecule has 0 radical (unpaired) electrons. The maximum Gasteiger partial charge on any atom is 0.176 e. The number of benzene rings is 1. The maximum absolute atomic E-state index is 10.7. The molecule has 0 saturated heterocycles. The van der Waals surface area contributed by atoms with Crippen LogP contribution in [-0.2, 0) is 0 Å². The number of carbonyl (C=O) groups is 1. The standard InChI is InChI=1S/C11H10INO3/c1-2-15-10-6-8(7-14)5-9(12)11(10)16-4-3-13/h5-7H,2,4H2,1H3. The van der Waals surface area contributed by atoms with Crippen molar-refractivity contribution in [1.29, 1.82) is 5.26 Å². The Kier molecular flexibility index (Phi) is 5.05. The monoisotopic (exact) mass is 331 g/mol. The predicted molar refractivity (Wildman–Crippen MR) is 66.8 cm³/mol. The minimum absolute atomic E-state index is 0.0451. The van der Waals surface area contributed by atoms with Crippen LogP contribution >= 0.6 is 22.6 Å². The molecule has 0 atom stereocenters. The number of hydrogen-bond acceptors (Lipinski definition) is 4. The smallest absolute Gasteiger partial charge is 0.176 e. The van der Waals surface area contributed by atoms with Gasteiger partial charge in [-0.1, -0.05) is 0 Å². The topological polar surface area (TPSA) is 59.3 Å². The molecule has 84 valence electrons. The highest BCUT2D eigenvalue weighted by atomic mass is 127. The van der Waals surface area contributed by atoms with Gasteiger partial charge in [-0.15, -0.1) is 0 Å². The van der Waals surface area contributed by atoms with Gasteiger partial charge in [-0.25, -0.2) is 0 Å². The Morgan fingerprint density at radius 3 is 2.81 bits per heavy atom. The van der Waals surface area contributed by atoms with Crippen LogP contribution in [0.5, 0.6) is 11.5 Å². The molecule has 0 amide bonds. The molecule has 0 aliphatic carbocycles. The average Bonchev–Trinajstić information content (AvgIpc) is 2.28. The van der Waals surface area contributed by atoms with Crippen LogP contribution in [0.4, 0.5) is 0 Å². The highest BCUT2D eigenvalue weighted by Gasteiger charge is 2.11. The van der Waals surface area contributed by atoms with Gasteiger partial charge in [0.1, 0.15) is 12.4 Å². The Hall–Kier alpha value is -1.29. The Bertz CT molecular complexity index is 426. The molecule has 0 aromatic heterocycles. The first kappa shape index (κ1) is 12.8. The van der Waals surface area contributed by atoms with E-state index in [2.05, 4.69) is 0 Å². The van der Waals surface area contributed by atoms with Crippen LogP contribution in [0, 0.1) is 14.9 Å². The van der Waals surface area contributed by atoms with E-state index in [1.807, 2.05) is 35.6 Å². The number of rotatable bonds is 5.